The van der Waals surface area contributed by atoms with Crippen LogP contribution in [0, 0.1) is 11.3 Å². The van der Waals surface area contributed by atoms with Gasteiger partial charge in [-0.1, -0.05) is 19.1 Å². The Morgan fingerprint density at radius 2 is 2.36 bits per heavy atom. The van der Waals surface area contributed by atoms with Gasteiger partial charge >= 0.3 is 5.97 Å². The number of carbonyl (C=O) groups is 1. The van der Waals surface area contributed by atoms with Crippen molar-refractivity contribution in [1.29, 1.82) is 5.26 Å². The topological polar surface area (TPSA) is 91.8 Å². The minimum atomic E-state index is -1.11. The van der Waals surface area contributed by atoms with E-state index in [9.17, 15) is 4.79 Å². The van der Waals surface area contributed by atoms with Gasteiger partial charge in [0.15, 0.2) is 5.69 Å². The van der Waals surface area contributed by atoms with Gasteiger partial charge in [0, 0.05) is 0 Å². The van der Waals surface area contributed by atoms with Crippen molar-refractivity contribution < 1.29 is 9.90 Å². The molecule has 0 aliphatic heterocycles. The quantitative estimate of drug-likeness (QED) is 0.761. The molecule has 6 heteroatoms. The van der Waals surface area contributed by atoms with Crippen LogP contribution in [-0.4, -0.2) is 26.1 Å². The van der Waals surface area contributed by atoms with Gasteiger partial charge in [-0.05, 0) is 5.92 Å². The SMILES string of the molecule is CC(C)c1c(C(=O)O)nnn1CC#N. The first-order valence-electron chi connectivity index (χ1n) is 4.11. The molecular weight excluding hydrogens is 184 g/mol. The average molecular weight is 194 g/mol. The van der Waals surface area contributed by atoms with E-state index in [0.717, 1.165) is 0 Å². The molecule has 0 bridgehead atoms. The highest BCUT2D eigenvalue weighted by molar-refractivity contribution is 5.86. The number of hydrogen-bond donors (Lipinski definition) is 1. The molecule has 0 spiro atoms. The Hall–Kier alpha value is -1.90. The summed E-state index contributed by atoms with van der Waals surface area (Å²) in [6.07, 6.45) is 0. The summed E-state index contributed by atoms with van der Waals surface area (Å²) in [4.78, 5) is 10.7. The van der Waals surface area contributed by atoms with Crippen LogP contribution in [0.5, 0.6) is 0 Å². The molecule has 0 aliphatic rings. The molecular formula is C8H10N4O2. The zero-order valence-corrected chi connectivity index (χ0v) is 7.93. The number of rotatable bonds is 3. The number of carboxylic acids is 1. The summed E-state index contributed by atoms with van der Waals surface area (Å²) in [5, 5.41) is 24.4. The summed E-state index contributed by atoms with van der Waals surface area (Å²) in [7, 11) is 0. The highest BCUT2D eigenvalue weighted by Gasteiger charge is 2.20. The minimum absolute atomic E-state index is 0.0216. The summed E-state index contributed by atoms with van der Waals surface area (Å²) < 4.78 is 1.31. The molecule has 0 saturated heterocycles. The van der Waals surface area contributed by atoms with Crippen molar-refractivity contribution in [2.45, 2.75) is 26.3 Å². The second-order valence-corrected chi connectivity index (χ2v) is 3.10. The van der Waals surface area contributed by atoms with Crippen LogP contribution in [-0.2, 0) is 6.54 Å². The zero-order valence-electron chi connectivity index (χ0n) is 7.93. The molecule has 0 aromatic carbocycles. The van der Waals surface area contributed by atoms with Crippen molar-refractivity contribution in [2.75, 3.05) is 0 Å². The molecule has 6 nitrogen and oxygen atoms in total. The van der Waals surface area contributed by atoms with E-state index >= 15 is 0 Å². The Labute approximate surface area is 80.8 Å². The lowest BCUT2D eigenvalue weighted by Gasteiger charge is -2.05. The monoisotopic (exact) mass is 194 g/mol. The largest absolute Gasteiger partial charge is 0.476 e. The summed E-state index contributed by atoms with van der Waals surface area (Å²) in [5.41, 5.74) is 0.411. The number of carboxylic acid groups (broad SMARTS) is 1. The predicted octanol–water partition coefficient (Wildman–Crippen LogP) is 0.623. The van der Waals surface area contributed by atoms with Crippen molar-refractivity contribution in [3.05, 3.63) is 11.4 Å². The summed E-state index contributed by atoms with van der Waals surface area (Å²) >= 11 is 0. The molecule has 0 atom stereocenters. The molecule has 1 aromatic heterocycles. The van der Waals surface area contributed by atoms with Crippen molar-refractivity contribution in [2.24, 2.45) is 0 Å². The van der Waals surface area contributed by atoms with Crippen molar-refractivity contribution in [3.63, 3.8) is 0 Å². The van der Waals surface area contributed by atoms with Gasteiger partial charge in [0.05, 0.1) is 11.8 Å². The normalized spacial score (nSPS) is 10.1. The molecule has 0 radical (unpaired) electrons. The van der Waals surface area contributed by atoms with Crippen molar-refractivity contribution in [3.8, 4) is 6.07 Å². The Bertz CT molecular complexity index is 389. The van der Waals surface area contributed by atoms with Crippen LogP contribution in [0.3, 0.4) is 0 Å². The second-order valence-electron chi connectivity index (χ2n) is 3.10. The van der Waals surface area contributed by atoms with E-state index < -0.39 is 5.97 Å². The van der Waals surface area contributed by atoms with Crippen LogP contribution in [0.15, 0.2) is 0 Å². The Morgan fingerprint density at radius 3 is 2.79 bits per heavy atom. The van der Waals surface area contributed by atoms with Gasteiger partial charge in [-0.3, -0.25) is 0 Å². The molecule has 0 unspecified atom stereocenters. The van der Waals surface area contributed by atoms with Crippen molar-refractivity contribution in [1.82, 2.24) is 15.0 Å². The maximum absolute atomic E-state index is 10.7. The molecule has 0 amide bonds. The number of aromatic nitrogens is 3. The lowest BCUT2D eigenvalue weighted by Crippen LogP contribution is -2.09. The van der Waals surface area contributed by atoms with E-state index in [4.69, 9.17) is 10.4 Å². The number of aromatic carboxylic acids is 1. The maximum atomic E-state index is 10.7. The fraction of sp³-hybridized carbons (Fsp3) is 0.500. The van der Waals surface area contributed by atoms with Crippen LogP contribution in [0.1, 0.15) is 35.9 Å². The van der Waals surface area contributed by atoms with Gasteiger partial charge < -0.3 is 5.11 Å². The first kappa shape index (κ1) is 10.2. The average Bonchev–Trinajstić information content (AvgIpc) is 2.48. The third kappa shape index (κ3) is 1.71. The molecule has 14 heavy (non-hydrogen) atoms. The van der Waals surface area contributed by atoms with Crippen LogP contribution in [0.25, 0.3) is 0 Å². The number of nitriles is 1. The highest BCUT2D eigenvalue weighted by Crippen LogP contribution is 2.17. The number of nitrogens with zero attached hydrogens (tertiary/aromatic N) is 4. The maximum Gasteiger partial charge on any atom is 0.358 e. The van der Waals surface area contributed by atoms with Crippen LogP contribution >= 0.6 is 0 Å². The lowest BCUT2D eigenvalue weighted by atomic mass is 10.1. The fourth-order valence-electron chi connectivity index (χ4n) is 1.23. The fourth-order valence-corrected chi connectivity index (χ4v) is 1.23. The van der Waals surface area contributed by atoms with Crippen LogP contribution < -0.4 is 0 Å². The highest BCUT2D eigenvalue weighted by atomic mass is 16.4. The summed E-state index contributed by atoms with van der Waals surface area (Å²) in [6.45, 7) is 3.69. The molecule has 1 aromatic rings. The van der Waals surface area contributed by atoms with E-state index in [1.165, 1.54) is 4.68 Å². The van der Waals surface area contributed by atoms with E-state index in [-0.39, 0.29) is 18.2 Å². The Morgan fingerprint density at radius 1 is 1.71 bits per heavy atom. The summed E-state index contributed by atoms with van der Waals surface area (Å²) in [5.74, 6) is -1.14. The standard InChI is InChI=1S/C8H10N4O2/c1-5(2)7-6(8(13)14)10-11-12(7)4-3-9/h5H,4H2,1-2H3,(H,13,14). The van der Waals surface area contributed by atoms with E-state index in [0.29, 0.717) is 5.69 Å². The van der Waals surface area contributed by atoms with Gasteiger partial charge in [0.1, 0.15) is 6.54 Å². The van der Waals surface area contributed by atoms with Gasteiger partial charge in [-0.2, -0.15) is 5.26 Å². The van der Waals surface area contributed by atoms with Gasteiger partial charge in [-0.15, -0.1) is 5.10 Å². The molecule has 1 heterocycles. The Kier molecular flexibility index (Phi) is 2.82. The van der Waals surface area contributed by atoms with E-state index in [1.54, 1.807) is 0 Å². The first-order valence-corrected chi connectivity index (χ1v) is 4.11. The van der Waals surface area contributed by atoms with Crippen LogP contribution in [0.2, 0.25) is 0 Å². The second kappa shape index (κ2) is 3.87. The molecule has 0 aliphatic carbocycles. The molecule has 0 fully saturated rings. The third-order valence-corrected chi connectivity index (χ3v) is 1.74. The van der Waals surface area contributed by atoms with Crippen LogP contribution in [0.4, 0.5) is 0 Å². The van der Waals surface area contributed by atoms with Gasteiger partial charge in [-0.25, -0.2) is 9.48 Å². The smallest absolute Gasteiger partial charge is 0.358 e. The predicted molar refractivity (Wildman–Crippen MR) is 46.7 cm³/mol. The minimum Gasteiger partial charge on any atom is -0.476 e. The molecule has 1 rings (SSSR count). The zero-order chi connectivity index (χ0) is 10.7. The summed E-state index contributed by atoms with van der Waals surface area (Å²) in [6, 6.07) is 1.90. The van der Waals surface area contributed by atoms with E-state index in [2.05, 4.69) is 10.3 Å². The number of hydrogen-bond acceptors (Lipinski definition) is 4. The van der Waals surface area contributed by atoms with Gasteiger partial charge in [0.25, 0.3) is 0 Å². The molecule has 0 saturated carbocycles. The molecule has 74 valence electrons. The first-order chi connectivity index (χ1) is 6.57. The van der Waals surface area contributed by atoms with Gasteiger partial charge in [0.2, 0.25) is 0 Å². The van der Waals surface area contributed by atoms with E-state index in [1.807, 2.05) is 19.9 Å². The van der Waals surface area contributed by atoms with Crippen molar-refractivity contribution >= 4 is 5.97 Å². The lowest BCUT2D eigenvalue weighted by molar-refractivity contribution is 0.0688. The third-order valence-electron chi connectivity index (χ3n) is 1.74. The Balaban J connectivity index is 3.21. The molecule has 1 N–H and O–H groups in total.